The van der Waals surface area contributed by atoms with E-state index in [9.17, 15) is 5.11 Å². The molecule has 0 aliphatic rings. The Morgan fingerprint density at radius 3 is 1.53 bits per heavy atom. The monoisotopic (exact) mass is 270 g/mol. The van der Waals surface area contributed by atoms with Crippen LogP contribution in [-0.4, -0.2) is 11.2 Å². The molecule has 0 saturated carbocycles. The van der Waals surface area contributed by atoms with E-state index < -0.39 is 0 Å². The van der Waals surface area contributed by atoms with Gasteiger partial charge in [-0.15, -0.1) is 0 Å². The van der Waals surface area contributed by atoms with Gasteiger partial charge in [-0.3, -0.25) is 0 Å². The summed E-state index contributed by atoms with van der Waals surface area (Å²) in [5.41, 5.74) is 0. The zero-order valence-electron chi connectivity index (χ0n) is 13.8. The molecule has 1 unspecified atom stereocenters. The highest BCUT2D eigenvalue weighted by atomic mass is 16.3. The zero-order valence-corrected chi connectivity index (χ0v) is 13.8. The molecule has 116 valence electrons. The molecule has 1 nitrogen and oxygen atoms in total. The molecule has 0 aromatic rings. The largest absolute Gasteiger partial charge is 0.393 e. The summed E-state index contributed by atoms with van der Waals surface area (Å²) in [6.45, 7) is 6.72. The minimum atomic E-state index is -0.0417. The molecular weight excluding hydrogens is 232 g/mol. The lowest BCUT2D eigenvalue weighted by Crippen LogP contribution is -2.20. The first-order valence-electron chi connectivity index (χ1n) is 8.94. The summed E-state index contributed by atoms with van der Waals surface area (Å²) in [5.74, 6) is 0.555. The van der Waals surface area contributed by atoms with Crippen molar-refractivity contribution in [2.75, 3.05) is 0 Å². The Kier molecular flexibility index (Phi) is 14.3. The van der Waals surface area contributed by atoms with Crippen LogP contribution in [0, 0.1) is 5.92 Å². The van der Waals surface area contributed by atoms with Crippen LogP contribution in [0.25, 0.3) is 0 Å². The van der Waals surface area contributed by atoms with Crippen molar-refractivity contribution in [1.82, 2.24) is 0 Å². The lowest BCUT2D eigenvalue weighted by Gasteiger charge is -2.22. The normalized spacial score (nSPS) is 13.1. The molecule has 0 rings (SSSR count). The summed E-state index contributed by atoms with van der Waals surface area (Å²) >= 11 is 0. The maximum Gasteiger partial charge on any atom is 0.0568 e. The van der Waals surface area contributed by atoms with Crippen LogP contribution in [0.3, 0.4) is 0 Å². The molecular formula is C18H38O. The maximum atomic E-state index is 10.2. The number of unbranched alkanes of at least 4 members (excludes halogenated alkanes) is 7. The van der Waals surface area contributed by atoms with E-state index >= 15 is 0 Å². The minimum absolute atomic E-state index is 0.0417. The van der Waals surface area contributed by atoms with E-state index in [1.54, 1.807) is 0 Å². The highest BCUT2D eigenvalue weighted by molar-refractivity contribution is 4.68. The first-order valence-corrected chi connectivity index (χ1v) is 8.94. The average Bonchev–Trinajstić information content (AvgIpc) is 2.41. The first kappa shape index (κ1) is 19.0. The molecule has 0 heterocycles. The molecule has 0 amide bonds. The minimum Gasteiger partial charge on any atom is -0.393 e. The Morgan fingerprint density at radius 1 is 0.579 bits per heavy atom. The van der Waals surface area contributed by atoms with Gasteiger partial charge in [-0.25, -0.2) is 0 Å². The fourth-order valence-electron chi connectivity index (χ4n) is 2.99. The van der Waals surface area contributed by atoms with Crippen LogP contribution >= 0.6 is 0 Å². The van der Waals surface area contributed by atoms with Crippen LogP contribution in [0.5, 0.6) is 0 Å². The average molecular weight is 271 g/mol. The third kappa shape index (κ3) is 11.5. The second-order valence-electron chi connectivity index (χ2n) is 6.17. The Balaban J connectivity index is 3.47. The van der Waals surface area contributed by atoms with Crippen molar-refractivity contribution < 1.29 is 5.11 Å². The van der Waals surface area contributed by atoms with Crippen molar-refractivity contribution in [2.45, 2.75) is 110 Å². The fourth-order valence-corrected chi connectivity index (χ4v) is 2.99. The Morgan fingerprint density at radius 2 is 1.05 bits per heavy atom. The van der Waals surface area contributed by atoms with Crippen molar-refractivity contribution in [2.24, 2.45) is 5.92 Å². The van der Waals surface area contributed by atoms with Gasteiger partial charge in [0, 0.05) is 0 Å². The van der Waals surface area contributed by atoms with Crippen LogP contribution in [0.1, 0.15) is 104 Å². The highest BCUT2D eigenvalue weighted by Crippen LogP contribution is 2.22. The molecule has 0 fully saturated rings. The second kappa shape index (κ2) is 14.4. The molecule has 1 heteroatoms. The van der Waals surface area contributed by atoms with E-state index in [1.807, 2.05) is 0 Å². The number of aliphatic hydroxyl groups is 1. The molecule has 0 aromatic heterocycles. The molecule has 19 heavy (non-hydrogen) atoms. The lowest BCUT2D eigenvalue weighted by atomic mass is 9.89. The van der Waals surface area contributed by atoms with Gasteiger partial charge in [-0.05, 0) is 25.2 Å². The van der Waals surface area contributed by atoms with Crippen molar-refractivity contribution >= 4 is 0 Å². The SMILES string of the molecule is CCCCCCCCCCC(O)C(CCC)CCC. The molecule has 0 aliphatic heterocycles. The van der Waals surface area contributed by atoms with Gasteiger partial charge in [0.05, 0.1) is 6.10 Å². The quantitative estimate of drug-likeness (QED) is 0.378. The molecule has 0 aliphatic carbocycles. The molecule has 0 aromatic carbocycles. The number of rotatable bonds is 14. The topological polar surface area (TPSA) is 20.2 Å². The van der Waals surface area contributed by atoms with Gasteiger partial charge < -0.3 is 5.11 Å². The molecule has 1 N–H and O–H groups in total. The summed E-state index contributed by atoms with van der Waals surface area (Å²) in [5, 5.41) is 10.2. The molecule has 1 atom stereocenters. The Labute approximate surface area is 122 Å². The smallest absolute Gasteiger partial charge is 0.0568 e. The standard InChI is InChI=1S/C18H38O/c1-4-7-8-9-10-11-12-13-16-18(19)17(14-5-2)15-6-3/h17-19H,4-16H2,1-3H3. The van der Waals surface area contributed by atoms with Crippen molar-refractivity contribution in [3.63, 3.8) is 0 Å². The third-order valence-electron chi connectivity index (χ3n) is 4.22. The van der Waals surface area contributed by atoms with Gasteiger partial charge in [0.1, 0.15) is 0 Å². The van der Waals surface area contributed by atoms with Crippen LogP contribution in [0.4, 0.5) is 0 Å². The van der Waals surface area contributed by atoms with Gasteiger partial charge in [-0.2, -0.15) is 0 Å². The summed E-state index contributed by atoms with van der Waals surface area (Å²) in [7, 11) is 0. The Hall–Kier alpha value is -0.0400. The van der Waals surface area contributed by atoms with Crippen LogP contribution in [0.15, 0.2) is 0 Å². The Bertz CT molecular complexity index is 161. The lowest BCUT2D eigenvalue weighted by molar-refractivity contribution is 0.0852. The second-order valence-corrected chi connectivity index (χ2v) is 6.17. The van der Waals surface area contributed by atoms with Gasteiger partial charge in [0.15, 0.2) is 0 Å². The summed E-state index contributed by atoms with van der Waals surface area (Å²) in [4.78, 5) is 0. The summed E-state index contributed by atoms with van der Waals surface area (Å²) in [6.07, 6.45) is 16.6. The third-order valence-corrected chi connectivity index (χ3v) is 4.22. The van der Waals surface area contributed by atoms with E-state index in [0.717, 1.165) is 6.42 Å². The summed E-state index contributed by atoms with van der Waals surface area (Å²) < 4.78 is 0. The molecule has 0 radical (unpaired) electrons. The van der Waals surface area contributed by atoms with Gasteiger partial charge in [-0.1, -0.05) is 85.0 Å². The fraction of sp³-hybridized carbons (Fsp3) is 1.00. The van der Waals surface area contributed by atoms with Crippen LogP contribution in [-0.2, 0) is 0 Å². The van der Waals surface area contributed by atoms with Crippen molar-refractivity contribution in [1.29, 1.82) is 0 Å². The van der Waals surface area contributed by atoms with Crippen molar-refractivity contribution in [3.05, 3.63) is 0 Å². The van der Waals surface area contributed by atoms with Crippen LogP contribution < -0.4 is 0 Å². The maximum absolute atomic E-state index is 10.2. The molecule has 0 saturated heterocycles. The van der Waals surface area contributed by atoms with E-state index in [4.69, 9.17) is 0 Å². The molecule has 0 spiro atoms. The zero-order chi connectivity index (χ0) is 14.3. The predicted molar refractivity (Wildman–Crippen MR) is 86.5 cm³/mol. The van der Waals surface area contributed by atoms with Crippen LogP contribution in [0.2, 0.25) is 0 Å². The summed E-state index contributed by atoms with van der Waals surface area (Å²) in [6, 6.07) is 0. The van der Waals surface area contributed by atoms with E-state index in [1.165, 1.54) is 77.0 Å². The van der Waals surface area contributed by atoms with E-state index in [-0.39, 0.29) is 6.10 Å². The predicted octanol–water partition coefficient (Wildman–Crippen LogP) is 6.09. The van der Waals surface area contributed by atoms with Gasteiger partial charge in [0.2, 0.25) is 0 Å². The first-order chi connectivity index (χ1) is 9.26. The number of hydrogen-bond donors (Lipinski definition) is 1. The van der Waals surface area contributed by atoms with Crippen molar-refractivity contribution in [3.8, 4) is 0 Å². The van der Waals surface area contributed by atoms with E-state index in [2.05, 4.69) is 20.8 Å². The van der Waals surface area contributed by atoms with Gasteiger partial charge >= 0.3 is 0 Å². The molecule has 0 bridgehead atoms. The highest BCUT2D eigenvalue weighted by Gasteiger charge is 2.16. The number of aliphatic hydroxyl groups excluding tert-OH is 1. The number of hydrogen-bond acceptors (Lipinski definition) is 1. The van der Waals surface area contributed by atoms with Gasteiger partial charge in [0.25, 0.3) is 0 Å². The van der Waals surface area contributed by atoms with E-state index in [0.29, 0.717) is 5.92 Å².